The van der Waals surface area contributed by atoms with E-state index in [1.807, 2.05) is 13.1 Å². The number of nitrogen functional groups attached to an aromatic ring is 1. The summed E-state index contributed by atoms with van der Waals surface area (Å²) < 4.78 is 1.71. The zero-order valence-electron chi connectivity index (χ0n) is 9.99. The van der Waals surface area contributed by atoms with E-state index in [2.05, 4.69) is 37.1 Å². The van der Waals surface area contributed by atoms with Gasteiger partial charge in [-0.25, -0.2) is 0 Å². The molecule has 0 aliphatic heterocycles. The normalized spacial score (nSPS) is 10.7. The molecule has 2 rings (SSSR count). The lowest BCUT2D eigenvalue weighted by Crippen LogP contribution is -1.98. The smallest absolute Gasteiger partial charge is 0.121 e. The largest absolute Gasteiger partial charge is 0.384 e. The quantitative estimate of drug-likeness (QED) is 0.834. The zero-order chi connectivity index (χ0) is 11.7. The second kappa shape index (κ2) is 4.00. The van der Waals surface area contributed by atoms with Gasteiger partial charge in [-0.15, -0.1) is 0 Å². The SMILES string of the molecule is Cc1ccc(Cc2cc(N)n(C)n2)c(C)c1. The van der Waals surface area contributed by atoms with Crippen LogP contribution in [0.1, 0.15) is 22.4 Å². The third kappa shape index (κ3) is 2.08. The molecule has 2 aromatic rings. The second-order valence-corrected chi connectivity index (χ2v) is 4.29. The fourth-order valence-electron chi connectivity index (χ4n) is 1.87. The molecule has 84 valence electrons. The first-order valence-electron chi connectivity index (χ1n) is 5.41. The Morgan fingerprint density at radius 2 is 2.00 bits per heavy atom. The molecule has 0 atom stereocenters. The van der Waals surface area contributed by atoms with Gasteiger partial charge in [0.25, 0.3) is 0 Å². The van der Waals surface area contributed by atoms with Crippen molar-refractivity contribution >= 4 is 5.82 Å². The Morgan fingerprint density at radius 1 is 1.25 bits per heavy atom. The standard InChI is InChI=1S/C13H17N3/c1-9-4-5-11(10(2)6-9)7-12-8-13(14)16(3)15-12/h4-6,8H,7,14H2,1-3H3. The van der Waals surface area contributed by atoms with Gasteiger partial charge in [-0.1, -0.05) is 23.8 Å². The van der Waals surface area contributed by atoms with Gasteiger partial charge < -0.3 is 5.73 Å². The summed E-state index contributed by atoms with van der Waals surface area (Å²) in [5.41, 5.74) is 10.7. The van der Waals surface area contributed by atoms with Crippen LogP contribution in [0.4, 0.5) is 5.82 Å². The molecule has 3 heteroatoms. The van der Waals surface area contributed by atoms with Crippen LogP contribution < -0.4 is 5.73 Å². The van der Waals surface area contributed by atoms with Crippen molar-refractivity contribution in [3.8, 4) is 0 Å². The van der Waals surface area contributed by atoms with Crippen LogP contribution in [0.5, 0.6) is 0 Å². The molecule has 0 aliphatic carbocycles. The van der Waals surface area contributed by atoms with Crippen LogP contribution in [0.2, 0.25) is 0 Å². The summed E-state index contributed by atoms with van der Waals surface area (Å²) in [6.45, 7) is 4.24. The molecule has 0 spiro atoms. The number of aromatic nitrogens is 2. The molecule has 0 fully saturated rings. The van der Waals surface area contributed by atoms with Gasteiger partial charge in [-0.05, 0) is 25.0 Å². The highest BCUT2D eigenvalue weighted by Gasteiger charge is 2.05. The molecule has 1 aromatic carbocycles. The van der Waals surface area contributed by atoms with Gasteiger partial charge in [0.15, 0.2) is 0 Å². The van der Waals surface area contributed by atoms with E-state index < -0.39 is 0 Å². The predicted molar refractivity (Wildman–Crippen MR) is 66.3 cm³/mol. The summed E-state index contributed by atoms with van der Waals surface area (Å²) in [7, 11) is 1.86. The fourth-order valence-corrected chi connectivity index (χ4v) is 1.87. The first-order chi connectivity index (χ1) is 7.56. The van der Waals surface area contributed by atoms with Gasteiger partial charge in [-0.3, -0.25) is 4.68 Å². The van der Waals surface area contributed by atoms with Crippen LogP contribution >= 0.6 is 0 Å². The van der Waals surface area contributed by atoms with Crippen molar-refractivity contribution in [1.29, 1.82) is 0 Å². The van der Waals surface area contributed by atoms with Crippen LogP contribution in [-0.4, -0.2) is 9.78 Å². The topological polar surface area (TPSA) is 43.8 Å². The summed E-state index contributed by atoms with van der Waals surface area (Å²) in [6.07, 6.45) is 0.844. The predicted octanol–water partition coefficient (Wildman–Crippen LogP) is 2.21. The highest BCUT2D eigenvalue weighted by atomic mass is 15.3. The highest BCUT2D eigenvalue weighted by molar-refractivity contribution is 5.36. The van der Waals surface area contributed by atoms with Crippen molar-refractivity contribution in [3.05, 3.63) is 46.6 Å². The van der Waals surface area contributed by atoms with Gasteiger partial charge in [0, 0.05) is 19.5 Å². The Hall–Kier alpha value is -1.77. The lowest BCUT2D eigenvalue weighted by Gasteiger charge is -2.04. The molecule has 0 radical (unpaired) electrons. The zero-order valence-corrected chi connectivity index (χ0v) is 9.99. The average molecular weight is 215 g/mol. The molecule has 2 N–H and O–H groups in total. The molecule has 0 saturated carbocycles. The summed E-state index contributed by atoms with van der Waals surface area (Å²) in [5.74, 6) is 0.708. The average Bonchev–Trinajstić information content (AvgIpc) is 2.51. The van der Waals surface area contributed by atoms with Crippen LogP contribution in [-0.2, 0) is 13.5 Å². The van der Waals surface area contributed by atoms with E-state index in [1.54, 1.807) is 4.68 Å². The van der Waals surface area contributed by atoms with E-state index in [0.29, 0.717) is 5.82 Å². The van der Waals surface area contributed by atoms with Crippen molar-refractivity contribution < 1.29 is 0 Å². The van der Waals surface area contributed by atoms with E-state index >= 15 is 0 Å². The maximum atomic E-state index is 5.76. The number of nitrogens with two attached hydrogens (primary N) is 1. The number of aryl methyl sites for hydroxylation is 3. The lowest BCUT2D eigenvalue weighted by atomic mass is 10.0. The minimum absolute atomic E-state index is 0.708. The van der Waals surface area contributed by atoms with Crippen molar-refractivity contribution in [2.45, 2.75) is 20.3 Å². The van der Waals surface area contributed by atoms with Gasteiger partial charge in [0.2, 0.25) is 0 Å². The van der Waals surface area contributed by atoms with E-state index in [4.69, 9.17) is 5.73 Å². The summed E-state index contributed by atoms with van der Waals surface area (Å²) in [6, 6.07) is 8.42. The van der Waals surface area contributed by atoms with Crippen LogP contribution in [0, 0.1) is 13.8 Å². The fraction of sp³-hybridized carbons (Fsp3) is 0.308. The lowest BCUT2D eigenvalue weighted by molar-refractivity contribution is 0.758. The Labute approximate surface area is 95.9 Å². The van der Waals surface area contributed by atoms with E-state index in [1.165, 1.54) is 16.7 Å². The molecular formula is C13H17N3. The maximum Gasteiger partial charge on any atom is 0.121 e. The van der Waals surface area contributed by atoms with Crippen LogP contribution in [0.15, 0.2) is 24.3 Å². The Balaban J connectivity index is 2.27. The summed E-state index contributed by atoms with van der Waals surface area (Å²) >= 11 is 0. The molecular weight excluding hydrogens is 198 g/mol. The van der Waals surface area contributed by atoms with Gasteiger partial charge in [-0.2, -0.15) is 5.10 Å². The summed E-state index contributed by atoms with van der Waals surface area (Å²) in [5, 5.41) is 4.36. The summed E-state index contributed by atoms with van der Waals surface area (Å²) in [4.78, 5) is 0. The molecule has 0 bridgehead atoms. The molecule has 0 saturated heterocycles. The Kier molecular flexibility index (Phi) is 2.69. The maximum absolute atomic E-state index is 5.76. The second-order valence-electron chi connectivity index (χ2n) is 4.29. The molecule has 0 amide bonds. The minimum Gasteiger partial charge on any atom is -0.384 e. The van der Waals surface area contributed by atoms with E-state index in [0.717, 1.165) is 12.1 Å². The van der Waals surface area contributed by atoms with E-state index in [9.17, 15) is 0 Å². The van der Waals surface area contributed by atoms with Crippen molar-refractivity contribution in [1.82, 2.24) is 9.78 Å². The minimum atomic E-state index is 0.708. The number of nitrogens with zero attached hydrogens (tertiary/aromatic N) is 2. The molecule has 1 heterocycles. The number of anilines is 1. The molecule has 0 unspecified atom stereocenters. The third-order valence-electron chi connectivity index (χ3n) is 2.84. The van der Waals surface area contributed by atoms with Gasteiger partial charge in [0.05, 0.1) is 5.69 Å². The first-order valence-corrected chi connectivity index (χ1v) is 5.41. The number of rotatable bonds is 2. The molecule has 16 heavy (non-hydrogen) atoms. The molecule has 3 nitrogen and oxygen atoms in total. The van der Waals surface area contributed by atoms with Crippen molar-refractivity contribution in [3.63, 3.8) is 0 Å². The molecule has 0 aliphatic rings. The highest BCUT2D eigenvalue weighted by Crippen LogP contribution is 2.15. The number of hydrogen-bond acceptors (Lipinski definition) is 2. The van der Waals surface area contributed by atoms with Crippen LogP contribution in [0.25, 0.3) is 0 Å². The van der Waals surface area contributed by atoms with E-state index in [-0.39, 0.29) is 0 Å². The Bertz CT molecular complexity index is 492. The van der Waals surface area contributed by atoms with Crippen molar-refractivity contribution in [2.75, 3.05) is 5.73 Å². The Morgan fingerprint density at radius 3 is 2.56 bits per heavy atom. The monoisotopic (exact) mass is 215 g/mol. The van der Waals surface area contributed by atoms with Crippen molar-refractivity contribution in [2.24, 2.45) is 7.05 Å². The van der Waals surface area contributed by atoms with Gasteiger partial charge in [0.1, 0.15) is 5.82 Å². The van der Waals surface area contributed by atoms with Crippen LogP contribution in [0.3, 0.4) is 0 Å². The van der Waals surface area contributed by atoms with Gasteiger partial charge >= 0.3 is 0 Å². The molecule has 1 aromatic heterocycles. The first kappa shape index (κ1) is 10.7. The third-order valence-corrected chi connectivity index (χ3v) is 2.84. The number of hydrogen-bond donors (Lipinski definition) is 1. The number of benzene rings is 1.